The van der Waals surface area contributed by atoms with Crippen LogP contribution < -0.4 is 11.1 Å². The van der Waals surface area contributed by atoms with Crippen LogP contribution in [0.2, 0.25) is 0 Å². The van der Waals surface area contributed by atoms with Gasteiger partial charge in [-0.15, -0.1) is 5.10 Å². The molecule has 3 N–H and O–H groups in total. The molecule has 4 nitrogen and oxygen atoms in total. The summed E-state index contributed by atoms with van der Waals surface area (Å²) < 4.78 is 26.0. The number of thiocarbonyl (C=S) groups is 1. The first-order valence-corrected chi connectivity index (χ1v) is 6.62. The van der Waals surface area contributed by atoms with Crippen LogP contribution >= 0.6 is 12.2 Å². The van der Waals surface area contributed by atoms with Crippen LogP contribution in [-0.4, -0.2) is 15.2 Å². The molecule has 0 aliphatic carbocycles. The fourth-order valence-electron chi connectivity index (χ4n) is 1.87. The van der Waals surface area contributed by atoms with Crippen LogP contribution in [0.3, 0.4) is 0 Å². The molecule has 0 fully saturated rings. The van der Waals surface area contributed by atoms with Gasteiger partial charge < -0.3 is 11.1 Å². The smallest absolute Gasteiger partial charge is 0.159 e. The number of benzene rings is 1. The fraction of sp³-hybridized carbons (Fsp3) is 0.214. The van der Waals surface area contributed by atoms with E-state index < -0.39 is 11.6 Å². The Hall–Kier alpha value is -2.15. The van der Waals surface area contributed by atoms with Gasteiger partial charge in [-0.25, -0.2) is 8.78 Å². The number of rotatable bonds is 4. The van der Waals surface area contributed by atoms with E-state index in [2.05, 4.69) is 15.5 Å². The molecule has 0 bridgehead atoms. The second-order valence-electron chi connectivity index (χ2n) is 4.60. The van der Waals surface area contributed by atoms with Crippen LogP contribution in [0.4, 0.5) is 14.6 Å². The Morgan fingerprint density at radius 2 is 1.95 bits per heavy atom. The zero-order valence-corrected chi connectivity index (χ0v) is 12.4. The lowest BCUT2D eigenvalue weighted by atomic mass is 10.1. The first kappa shape index (κ1) is 15.2. The van der Waals surface area contributed by atoms with E-state index in [9.17, 15) is 8.78 Å². The van der Waals surface area contributed by atoms with Gasteiger partial charge in [-0.2, -0.15) is 5.10 Å². The van der Waals surface area contributed by atoms with Crippen LogP contribution in [0, 0.1) is 25.5 Å². The highest BCUT2D eigenvalue weighted by molar-refractivity contribution is 7.80. The van der Waals surface area contributed by atoms with Gasteiger partial charge in [-0.3, -0.25) is 0 Å². The zero-order valence-electron chi connectivity index (χ0n) is 11.6. The Bertz CT molecular complexity index is 704. The van der Waals surface area contributed by atoms with Crippen molar-refractivity contribution in [2.24, 2.45) is 5.73 Å². The number of nitrogens with two attached hydrogens (primary N) is 1. The predicted molar refractivity (Wildman–Crippen MR) is 81.1 cm³/mol. The summed E-state index contributed by atoms with van der Waals surface area (Å²) in [5.41, 5.74) is 8.47. The number of nitrogens with one attached hydrogen (secondary N) is 1. The molecule has 110 valence electrons. The molecule has 1 heterocycles. The van der Waals surface area contributed by atoms with E-state index in [0.717, 1.165) is 23.4 Å². The van der Waals surface area contributed by atoms with E-state index in [4.69, 9.17) is 18.0 Å². The fourth-order valence-corrected chi connectivity index (χ4v) is 2.12. The standard InChI is InChI=1S/C14H14F2N4S/c1-7-8(2)19-20-14(12(7)13(17)21)18-6-9-3-4-10(15)11(16)5-9/h3-5H,6H2,1-2H3,(H2,17,21)(H,18,20). The molecule has 2 aromatic rings. The molecule has 0 radical (unpaired) electrons. The molecule has 0 amide bonds. The lowest BCUT2D eigenvalue weighted by Crippen LogP contribution is -2.18. The average molecular weight is 308 g/mol. The number of halogens is 2. The summed E-state index contributed by atoms with van der Waals surface area (Å²) in [6.07, 6.45) is 0. The number of anilines is 1. The molecule has 2 rings (SSSR count). The molecular formula is C14H14F2N4S. The van der Waals surface area contributed by atoms with E-state index in [-0.39, 0.29) is 11.5 Å². The lowest BCUT2D eigenvalue weighted by Gasteiger charge is -2.13. The maximum atomic E-state index is 13.2. The Labute approximate surface area is 126 Å². The second kappa shape index (κ2) is 6.09. The molecule has 1 aromatic carbocycles. The number of nitrogens with zero attached hydrogens (tertiary/aromatic N) is 2. The summed E-state index contributed by atoms with van der Waals surface area (Å²) >= 11 is 5.03. The molecule has 0 saturated carbocycles. The van der Waals surface area contributed by atoms with Crippen molar-refractivity contribution in [3.8, 4) is 0 Å². The first-order valence-electron chi connectivity index (χ1n) is 6.21. The predicted octanol–water partition coefficient (Wildman–Crippen LogP) is 2.62. The van der Waals surface area contributed by atoms with Crippen molar-refractivity contribution in [1.29, 1.82) is 0 Å². The summed E-state index contributed by atoms with van der Waals surface area (Å²) in [6.45, 7) is 3.91. The Balaban J connectivity index is 2.26. The molecule has 7 heteroatoms. The minimum Gasteiger partial charge on any atom is -0.389 e. The van der Waals surface area contributed by atoms with Crippen molar-refractivity contribution in [2.45, 2.75) is 20.4 Å². The third-order valence-corrected chi connectivity index (χ3v) is 3.35. The van der Waals surface area contributed by atoms with Gasteiger partial charge in [0.2, 0.25) is 0 Å². The molecule has 21 heavy (non-hydrogen) atoms. The largest absolute Gasteiger partial charge is 0.389 e. The maximum absolute atomic E-state index is 13.2. The number of hydrogen-bond acceptors (Lipinski definition) is 4. The SMILES string of the molecule is Cc1nnc(NCc2ccc(F)c(F)c2)c(C(N)=S)c1C. The van der Waals surface area contributed by atoms with Crippen molar-refractivity contribution in [1.82, 2.24) is 10.2 Å². The molecule has 0 aliphatic heterocycles. The zero-order chi connectivity index (χ0) is 15.6. The van der Waals surface area contributed by atoms with Gasteiger partial charge in [-0.1, -0.05) is 18.3 Å². The Morgan fingerprint density at radius 3 is 2.57 bits per heavy atom. The summed E-state index contributed by atoms with van der Waals surface area (Å²) in [5, 5.41) is 11.0. The third kappa shape index (κ3) is 3.30. The molecule has 0 saturated heterocycles. The minimum absolute atomic E-state index is 0.207. The van der Waals surface area contributed by atoms with Crippen molar-refractivity contribution in [3.05, 3.63) is 52.2 Å². The Morgan fingerprint density at radius 1 is 1.24 bits per heavy atom. The quantitative estimate of drug-likeness (QED) is 0.850. The third-order valence-electron chi connectivity index (χ3n) is 3.14. The molecule has 1 aromatic heterocycles. The molecular weight excluding hydrogens is 294 g/mol. The van der Waals surface area contributed by atoms with Crippen molar-refractivity contribution in [3.63, 3.8) is 0 Å². The van der Waals surface area contributed by atoms with Gasteiger partial charge in [0, 0.05) is 6.54 Å². The number of aromatic nitrogens is 2. The van der Waals surface area contributed by atoms with Crippen LogP contribution in [0.15, 0.2) is 18.2 Å². The number of hydrogen-bond donors (Lipinski definition) is 2. The van der Waals surface area contributed by atoms with E-state index in [0.29, 0.717) is 16.9 Å². The monoisotopic (exact) mass is 308 g/mol. The first-order chi connectivity index (χ1) is 9.90. The highest BCUT2D eigenvalue weighted by Crippen LogP contribution is 2.19. The number of aryl methyl sites for hydroxylation is 1. The normalized spacial score (nSPS) is 10.5. The van der Waals surface area contributed by atoms with Crippen molar-refractivity contribution in [2.75, 3.05) is 5.32 Å². The van der Waals surface area contributed by atoms with Crippen LogP contribution in [0.5, 0.6) is 0 Å². The average Bonchev–Trinajstić information content (AvgIpc) is 2.43. The summed E-state index contributed by atoms with van der Waals surface area (Å²) in [6, 6.07) is 3.68. The van der Waals surface area contributed by atoms with Crippen LogP contribution in [-0.2, 0) is 6.54 Å². The van der Waals surface area contributed by atoms with Gasteiger partial charge in [0.25, 0.3) is 0 Å². The summed E-state index contributed by atoms with van der Waals surface area (Å²) in [5.74, 6) is -1.35. The van der Waals surface area contributed by atoms with E-state index in [1.807, 2.05) is 13.8 Å². The molecule has 0 unspecified atom stereocenters. The van der Waals surface area contributed by atoms with Gasteiger partial charge in [0.1, 0.15) is 4.99 Å². The highest BCUT2D eigenvalue weighted by atomic mass is 32.1. The van der Waals surface area contributed by atoms with Crippen molar-refractivity contribution >= 4 is 23.0 Å². The van der Waals surface area contributed by atoms with Gasteiger partial charge in [0.05, 0.1) is 11.3 Å². The molecule has 0 spiro atoms. The minimum atomic E-state index is -0.893. The lowest BCUT2D eigenvalue weighted by molar-refractivity contribution is 0.507. The Kier molecular flexibility index (Phi) is 4.42. The van der Waals surface area contributed by atoms with Gasteiger partial charge in [-0.05, 0) is 37.1 Å². The summed E-state index contributed by atoms with van der Waals surface area (Å²) in [7, 11) is 0. The second-order valence-corrected chi connectivity index (χ2v) is 5.04. The highest BCUT2D eigenvalue weighted by Gasteiger charge is 2.13. The van der Waals surface area contributed by atoms with Crippen LogP contribution in [0.25, 0.3) is 0 Å². The summed E-state index contributed by atoms with van der Waals surface area (Å²) in [4.78, 5) is 0.207. The maximum Gasteiger partial charge on any atom is 0.159 e. The molecule has 0 aliphatic rings. The topological polar surface area (TPSA) is 63.8 Å². The van der Waals surface area contributed by atoms with E-state index in [1.54, 1.807) is 0 Å². The van der Waals surface area contributed by atoms with E-state index >= 15 is 0 Å². The van der Waals surface area contributed by atoms with Gasteiger partial charge >= 0.3 is 0 Å². The molecule has 0 atom stereocenters. The van der Waals surface area contributed by atoms with Crippen LogP contribution in [0.1, 0.15) is 22.4 Å². The van der Waals surface area contributed by atoms with Crippen molar-refractivity contribution < 1.29 is 8.78 Å². The van der Waals surface area contributed by atoms with E-state index in [1.165, 1.54) is 6.07 Å². The van der Waals surface area contributed by atoms with Gasteiger partial charge in [0.15, 0.2) is 17.5 Å².